The molecule has 0 aliphatic heterocycles. The molecule has 34 heavy (non-hydrogen) atoms. The Bertz CT molecular complexity index is 872. The zero-order valence-corrected chi connectivity index (χ0v) is 23.6. The number of carbonyl (C=O) groups is 1. The van der Waals surface area contributed by atoms with Crippen molar-refractivity contribution in [3.8, 4) is 0 Å². The molecule has 0 saturated heterocycles. The fourth-order valence-corrected chi connectivity index (χ4v) is 11.8. The Morgan fingerprint density at radius 3 is 2.24 bits per heavy atom. The van der Waals surface area contributed by atoms with Gasteiger partial charge in [-0.3, -0.25) is 4.79 Å². The van der Waals surface area contributed by atoms with Crippen LogP contribution in [0.1, 0.15) is 120 Å². The van der Waals surface area contributed by atoms with E-state index in [2.05, 4.69) is 55.0 Å². The van der Waals surface area contributed by atoms with Crippen molar-refractivity contribution in [2.24, 2.45) is 56.7 Å². The standard InChI is InChI=1S/C32H52O2/c1-20-12-15-29(6)18-19-31(8)23(27(29)21(20)2)10-11-25-30(7)16-14-26(34-22(3)33)28(4,5)24(30)13-17-32(25,31)9/h21,23-27H,1,10-19H2,2-9H3/t21-,23+,24-,25+,26+,27-,29+,30-,31+,32+/m0/s1. The number of esters is 1. The van der Waals surface area contributed by atoms with Crippen molar-refractivity contribution >= 4 is 5.97 Å². The molecule has 0 heterocycles. The minimum Gasteiger partial charge on any atom is -0.462 e. The molecule has 0 aromatic carbocycles. The van der Waals surface area contributed by atoms with Gasteiger partial charge in [0.05, 0.1) is 0 Å². The average molecular weight is 469 g/mol. The van der Waals surface area contributed by atoms with Crippen LogP contribution in [0.25, 0.3) is 0 Å². The molecule has 5 rings (SSSR count). The summed E-state index contributed by atoms with van der Waals surface area (Å²) in [6, 6.07) is 0. The van der Waals surface area contributed by atoms with Crippen LogP contribution < -0.4 is 0 Å². The van der Waals surface area contributed by atoms with Gasteiger partial charge in [0, 0.05) is 12.3 Å². The van der Waals surface area contributed by atoms with Crippen molar-refractivity contribution < 1.29 is 9.53 Å². The Balaban J connectivity index is 1.50. The number of ether oxygens (including phenoxy) is 1. The quantitative estimate of drug-likeness (QED) is 0.284. The summed E-state index contributed by atoms with van der Waals surface area (Å²) in [7, 11) is 0. The summed E-state index contributed by atoms with van der Waals surface area (Å²) in [5.41, 5.74) is 3.28. The minimum atomic E-state index is -0.108. The SMILES string of the molecule is C=C1CC[C@]2(C)CC[C@]3(C)[C@H](CC[C@@H]4[C@@]5(C)CC[C@@H](OC(C)=O)C(C)(C)[C@@H]5CC[C@]43C)[C@@H]2[C@H]1C. The average Bonchev–Trinajstić information content (AvgIpc) is 2.74. The lowest BCUT2D eigenvalue weighted by atomic mass is 9.31. The monoisotopic (exact) mass is 468 g/mol. The highest BCUT2D eigenvalue weighted by molar-refractivity contribution is 5.66. The van der Waals surface area contributed by atoms with E-state index in [4.69, 9.17) is 4.74 Å². The van der Waals surface area contributed by atoms with Crippen LogP contribution in [0.3, 0.4) is 0 Å². The first-order valence-corrected chi connectivity index (χ1v) is 14.6. The van der Waals surface area contributed by atoms with Crippen molar-refractivity contribution in [3.63, 3.8) is 0 Å². The van der Waals surface area contributed by atoms with Gasteiger partial charge in [-0.05, 0) is 115 Å². The van der Waals surface area contributed by atoms with Crippen LogP contribution in [-0.4, -0.2) is 12.1 Å². The lowest BCUT2D eigenvalue weighted by Gasteiger charge is -2.73. The topological polar surface area (TPSA) is 26.3 Å². The van der Waals surface area contributed by atoms with Crippen LogP contribution in [0.15, 0.2) is 12.2 Å². The largest absolute Gasteiger partial charge is 0.462 e. The van der Waals surface area contributed by atoms with Gasteiger partial charge in [-0.15, -0.1) is 0 Å². The van der Waals surface area contributed by atoms with Crippen LogP contribution in [0.2, 0.25) is 0 Å². The molecule has 0 bridgehead atoms. The van der Waals surface area contributed by atoms with E-state index >= 15 is 0 Å². The maximum atomic E-state index is 11.9. The molecule has 0 radical (unpaired) electrons. The molecule has 5 fully saturated rings. The molecule has 0 spiro atoms. The molecular formula is C32H52O2. The van der Waals surface area contributed by atoms with Gasteiger partial charge in [-0.2, -0.15) is 0 Å². The molecule has 192 valence electrons. The van der Waals surface area contributed by atoms with Gasteiger partial charge in [0.15, 0.2) is 0 Å². The summed E-state index contributed by atoms with van der Waals surface area (Å²) >= 11 is 0. The molecule has 0 N–H and O–H groups in total. The first-order valence-electron chi connectivity index (χ1n) is 14.6. The number of fused-ring (bicyclic) bond motifs is 7. The summed E-state index contributed by atoms with van der Waals surface area (Å²) in [5, 5.41) is 0. The van der Waals surface area contributed by atoms with Crippen LogP contribution in [0, 0.1) is 56.7 Å². The van der Waals surface area contributed by atoms with E-state index in [-0.39, 0.29) is 17.5 Å². The summed E-state index contributed by atoms with van der Waals surface area (Å²) in [6.45, 7) is 24.2. The molecule has 5 aliphatic carbocycles. The highest BCUT2D eigenvalue weighted by Gasteiger charge is 2.70. The second kappa shape index (κ2) is 7.61. The van der Waals surface area contributed by atoms with Crippen LogP contribution in [-0.2, 0) is 9.53 Å². The zero-order valence-electron chi connectivity index (χ0n) is 23.6. The fraction of sp³-hybridized carbons (Fsp3) is 0.906. The highest BCUT2D eigenvalue weighted by atomic mass is 16.5. The van der Waals surface area contributed by atoms with Crippen molar-refractivity contribution in [2.75, 3.05) is 0 Å². The molecule has 0 unspecified atom stereocenters. The van der Waals surface area contributed by atoms with E-state index in [0.29, 0.717) is 33.5 Å². The van der Waals surface area contributed by atoms with Gasteiger partial charge in [0.1, 0.15) is 6.10 Å². The Hall–Kier alpha value is -0.790. The summed E-state index contributed by atoms with van der Waals surface area (Å²) < 4.78 is 5.91. The Kier molecular flexibility index (Phi) is 5.57. The van der Waals surface area contributed by atoms with E-state index in [9.17, 15) is 4.79 Å². The highest BCUT2D eigenvalue weighted by Crippen LogP contribution is 2.77. The van der Waals surface area contributed by atoms with E-state index in [1.54, 1.807) is 6.92 Å². The van der Waals surface area contributed by atoms with Crippen molar-refractivity contribution in [1.82, 2.24) is 0 Å². The van der Waals surface area contributed by atoms with Crippen molar-refractivity contribution in [3.05, 3.63) is 12.2 Å². The molecule has 5 aliphatic rings. The smallest absolute Gasteiger partial charge is 0.302 e. The van der Waals surface area contributed by atoms with Gasteiger partial charge in [0.2, 0.25) is 0 Å². The molecular weight excluding hydrogens is 416 g/mol. The molecule has 0 amide bonds. The minimum absolute atomic E-state index is 0.0541. The molecule has 0 aromatic heterocycles. The third-order valence-electron chi connectivity index (χ3n) is 13.8. The van der Waals surface area contributed by atoms with Gasteiger partial charge in [-0.25, -0.2) is 0 Å². The second-order valence-electron chi connectivity index (χ2n) is 15.3. The predicted octanol–water partition coefficient (Wildman–Crippen LogP) is 8.60. The first kappa shape index (κ1) is 24.9. The summed E-state index contributed by atoms with van der Waals surface area (Å²) in [6.07, 6.45) is 13.2. The van der Waals surface area contributed by atoms with Crippen LogP contribution in [0.5, 0.6) is 0 Å². The van der Waals surface area contributed by atoms with E-state index in [0.717, 1.165) is 24.2 Å². The molecule has 2 heteroatoms. The van der Waals surface area contributed by atoms with Gasteiger partial charge >= 0.3 is 5.97 Å². The Labute approximate surface area is 210 Å². The number of allylic oxidation sites excluding steroid dienone is 1. The Morgan fingerprint density at radius 2 is 1.56 bits per heavy atom. The lowest BCUT2D eigenvalue weighted by molar-refractivity contribution is -0.253. The van der Waals surface area contributed by atoms with Crippen LogP contribution >= 0.6 is 0 Å². The van der Waals surface area contributed by atoms with Gasteiger partial charge in [0.25, 0.3) is 0 Å². The number of rotatable bonds is 1. The summed E-state index contributed by atoms with van der Waals surface area (Å²) in [4.78, 5) is 11.9. The van der Waals surface area contributed by atoms with Crippen molar-refractivity contribution in [2.45, 2.75) is 126 Å². The van der Waals surface area contributed by atoms with Crippen molar-refractivity contribution in [1.29, 1.82) is 0 Å². The third-order valence-corrected chi connectivity index (χ3v) is 13.8. The second-order valence-corrected chi connectivity index (χ2v) is 15.3. The van der Waals surface area contributed by atoms with E-state index in [1.807, 2.05) is 0 Å². The van der Waals surface area contributed by atoms with Gasteiger partial charge < -0.3 is 4.74 Å². The van der Waals surface area contributed by atoms with Crippen LogP contribution in [0.4, 0.5) is 0 Å². The normalized spacial score (nSPS) is 54.2. The molecule has 10 atom stereocenters. The van der Waals surface area contributed by atoms with Gasteiger partial charge in [-0.1, -0.05) is 60.6 Å². The maximum Gasteiger partial charge on any atom is 0.302 e. The van der Waals surface area contributed by atoms with E-state index in [1.165, 1.54) is 63.4 Å². The fourth-order valence-electron chi connectivity index (χ4n) is 11.8. The number of hydrogen-bond acceptors (Lipinski definition) is 2. The van der Waals surface area contributed by atoms with E-state index < -0.39 is 0 Å². The third kappa shape index (κ3) is 3.08. The first-order chi connectivity index (χ1) is 15.7. The molecule has 2 nitrogen and oxygen atoms in total. The molecule has 0 aromatic rings. The lowest BCUT2D eigenvalue weighted by Crippen LogP contribution is -2.67. The Morgan fingerprint density at radius 1 is 0.853 bits per heavy atom. The number of carbonyl (C=O) groups excluding carboxylic acids is 1. The zero-order chi connectivity index (χ0) is 24.9. The maximum absolute atomic E-state index is 11.9. The number of hydrogen-bond donors (Lipinski definition) is 0. The predicted molar refractivity (Wildman–Crippen MR) is 140 cm³/mol. The molecule has 5 saturated carbocycles. The summed E-state index contributed by atoms with van der Waals surface area (Å²) in [5.74, 6) is 3.64.